The lowest BCUT2D eigenvalue weighted by Gasteiger charge is -2.29. The molecule has 1 amide bonds. The van der Waals surface area contributed by atoms with Crippen LogP contribution in [0.4, 0.5) is 11.4 Å². The van der Waals surface area contributed by atoms with Crippen LogP contribution in [0.3, 0.4) is 0 Å². The van der Waals surface area contributed by atoms with Crippen molar-refractivity contribution in [1.29, 1.82) is 0 Å². The van der Waals surface area contributed by atoms with Crippen molar-refractivity contribution in [2.75, 3.05) is 43.6 Å². The minimum absolute atomic E-state index is 0.0798. The van der Waals surface area contributed by atoms with Gasteiger partial charge in [0.1, 0.15) is 0 Å². The van der Waals surface area contributed by atoms with Gasteiger partial charge in [-0.05, 0) is 30.3 Å². The molecule has 1 aliphatic heterocycles. The Balaban J connectivity index is 1.78. The van der Waals surface area contributed by atoms with E-state index in [4.69, 9.17) is 21.1 Å². The maximum absolute atomic E-state index is 12.4. The van der Waals surface area contributed by atoms with Crippen LogP contribution in [0.15, 0.2) is 42.5 Å². The van der Waals surface area contributed by atoms with Crippen molar-refractivity contribution < 1.29 is 24.2 Å². The van der Waals surface area contributed by atoms with Crippen molar-refractivity contribution in [2.45, 2.75) is 6.10 Å². The van der Waals surface area contributed by atoms with E-state index in [2.05, 4.69) is 5.32 Å². The molecule has 0 saturated carbocycles. The highest BCUT2D eigenvalue weighted by Gasteiger charge is 2.21. The fourth-order valence-electron chi connectivity index (χ4n) is 3.01. The molecule has 148 valence electrons. The lowest BCUT2D eigenvalue weighted by Crippen LogP contribution is -2.38. The molecular weight excluding hydrogens is 384 g/mol. The highest BCUT2D eigenvalue weighted by molar-refractivity contribution is 6.34. The van der Waals surface area contributed by atoms with Crippen LogP contribution in [0, 0.1) is 0 Å². The summed E-state index contributed by atoms with van der Waals surface area (Å²) in [5, 5.41) is 12.6. The van der Waals surface area contributed by atoms with Crippen LogP contribution in [0.1, 0.15) is 20.7 Å². The van der Waals surface area contributed by atoms with E-state index in [9.17, 15) is 14.7 Å². The Morgan fingerprint density at radius 3 is 2.68 bits per heavy atom. The molecule has 1 heterocycles. The molecule has 2 N–H and O–H groups in total. The van der Waals surface area contributed by atoms with Gasteiger partial charge >= 0.3 is 5.97 Å². The summed E-state index contributed by atoms with van der Waals surface area (Å²) < 4.78 is 11.0. The fourth-order valence-corrected chi connectivity index (χ4v) is 3.23. The van der Waals surface area contributed by atoms with E-state index >= 15 is 0 Å². The number of carbonyl (C=O) groups is 2. The molecule has 0 radical (unpaired) electrons. The van der Waals surface area contributed by atoms with Gasteiger partial charge in [0.25, 0.3) is 5.91 Å². The number of ether oxygens (including phenoxy) is 2. The molecule has 0 aliphatic carbocycles. The van der Waals surface area contributed by atoms with Crippen molar-refractivity contribution >= 4 is 34.9 Å². The topological polar surface area (TPSA) is 88.1 Å². The number of halogens is 1. The van der Waals surface area contributed by atoms with Crippen LogP contribution in [-0.4, -0.2) is 56.5 Å². The van der Waals surface area contributed by atoms with Crippen LogP contribution in [-0.2, 0) is 9.47 Å². The molecule has 7 nitrogen and oxygen atoms in total. The predicted molar refractivity (Wildman–Crippen MR) is 107 cm³/mol. The van der Waals surface area contributed by atoms with E-state index in [1.54, 1.807) is 43.4 Å². The summed E-state index contributed by atoms with van der Waals surface area (Å²) in [5.41, 5.74) is 1.29. The van der Waals surface area contributed by atoms with Crippen molar-refractivity contribution in [3.63, 3.8) is 0 Å². The van der Waals surface area contributed by atoms with Gasteiger partial charge in [-0.25, -0.2) is 4.79 Å². The molecule has 2 aromatic carbocycles. The Hall–Kier alpha value is -2.61. The monoisotopic (exact) mass is 404 g/mol. The Morgan fingerprint density at radius 2 is 2.00 bits per heavy atom. The molecule has 0 bridgehead atoms. The second kappa shape index (κ2) is 9.05. The number of nitrogens with one attached hydrogen (secondary N) is 1. The summed E-state index contributed by atoms with van der Waals surface area (Å²) in [4.78, 5) is 26.0. The number of likely N-dealkylation sites (N-methyl/N-ethyl adjacent to an activating group) is 1. The van der Waals surface area contributed by atoms with Crippen LogP contribution in [0.25, 0.3) is 0 Å². The predicted octanol–water partition coefficient (Wildman–Crippen LogP) is 3.14. The molecule has 1 fully saturated rings. The first-order valence-corrected chi connectivity index (χ1v) is 9.17. The number of aromatic carboxylic acids is 1. The van der Waals surface area contributed by atoms with Gasteiger partial charge in [0.05, 0.1) is 47.8 Å². The van der Waals surface area contributed by atoms with Crippen molar-refractivity contribution in [3.05, 3.63) is 58.6 Å². The third kappa shape index (κ3) is 4.81. The molecule has 1 atom stereocenters. The Bertz CT molecular complexity index is 867. The van der Waals surface area contributed by atoms with E-state index in [1.165, 1.54) is 6.07 Å². The average Bonchev–Trinajstić information content (AvgIpc) is 2.69. The quantitative estimate of drug-likeness (QED) is 0.769. The van der Waals surface area contributed by atoms with E-state index in [-0.39, 0.29) is 11.7 Å². The summed E-state index contributed by atoms with van der Waals surface area (Å²) >= 11 is 6.04. The zero-order valence-electron chi connectivity index (χ0n) is 15.4. The van der Waals surface area contributed by atoms with Gasteiger partial charge in [-0.2, -0.15) is 0 Å². The minimum atomic E-state index is -1.09. The summed E-state index contributed by atoms with van der Waals surface area (Å²) in [7, 11) is 1.79. The largest absolute Gasteiger partial charge is 0.478 e. The number of carbonyl (C=O) groups excluding carboxylic acids is 1. The van der Waals surface area contributed by atoms with Crippen LogP contribution < -0.4 is 10.2 Å². The summed E-state index contributed by atoms with van der Waals surface area (Å²) in [6.07, 6.45) is -0.125. The molecule has 3 rings (SSSR count). The smallest absolute Gasteiger partial charge is 0.337 e. The maximum Gasteiger partial charge on any atom is 0.337 e. The van der Waals surface area contributed by atoms with E-state index in [0.29, 0.717) is 48.3 Å². The third-order valence-corrected chi connectivity index (χ3v) is 4.71. The van der Waals surface area contributed by atoms with Gasteiger partial charge < -0.3 is 24.8 Å². The molecular formula is C20H21ClN2O5. The molecule has 1 saturated heterocycles. The lowest BCUT2D eigenvalue weighted by atomic mass is 10.1. The second-order valence-corrected chi connectivity index (χ2v) is 6.83. The number of nitrogens with zero attached hydrogens (tertiary/aromatic N) is 1. The van der Waals surface area contributed by atoms with Crippen LogP contribution >= 0.6 is 11.6 Å². The van der Waals surface area contributed by atoms with Crippen LogP contribution in [0.2, 0.25) is 5.02 Å². The molecule has 8 heteroatoms. The number of carboxylic acids is 1. The SMILES string of the molecule is CN(C[C@@H]1COCCO1)c1ccc(NC(=O)c2ccccc2Cl)cc1C(=O)O. The Morgan fingerprint density at radius 1 is 1.21 bits per heavy atom. The average molecular weight is 405 g/mol. The van der Waals surface area contributed by atoms with Crippen molar-refractivity contribution in [3.8, 4) is 0 Å². The number of hydrogen-bond acceptors (Lipinski definition) is 5. The molecule has 0 aromatic heterocycles. The number of carboxylic acid groups (broad SMARTS) is 1. The van der Waals surface area contributed by atoms with Gasteiger partial charge in [-0.15, -0.1) is 0 Å². The number of anilines is 2. The summed E-state index contributed by atoms with van der Waals surface area (Å²) in [6.45, 7) is 2.06. The zero-order chi connectivity index (χ0) is 20.1. The van der Waals surface area contributed by atoms with Gasteiger partial charge in [0.2, 0.25) is 0 Å². The van der Waals surface area contributed by atoms with E-state index in [0.717, 1.165) is 0 Å². The number of benzene rings is 2. The lowest BCUT2D eigenvalue weighted by molar-refractivity contribution is -0.0837. The molecule has 0 unspecified atom stereocenters. The number of amides is 1. The van der Waals surface area contributed by atoms with E-state index < -0.39 is 11.9 Å². The van der Waals surface area contributed by atoms with Crippen LogP contribution in [0.5, 0.6) is 0 Å². The minimum Gasteiger partial charge on any atom is -0.478 e. The van der Waals surface area contributed by atoms with Gasteiger partial charge in [-0.3, -0.25) is 4.79 Å². The Kier molecular flexibility index (Phi) is 6.51. The molecule has 28 heavy (non-hydrogen) atoms. The van der Waals surface area contributed by atoms with Gasteiger partial charge in [0.15, 0.2) is 0 Å². The highest BCUT2D eigenvalue weighted by Crippen LogP contribution is 2.25. The Labute approximate surface area is 167 Å². The molecule has 2 aromatic rings. The first-order chi connectivity index (χ1) is 13.5. The normalized spacial score (nSPS) is 16.4. The number of rotatable bonds is 6. The molecule has 0 spiro atoms. The van der Waals surface area contributed by atoms with Gasteiger partial charge in [0, 0.05) is 19.3 Å². The van der Waals surface area contributed by atoms with Gasteiger partial charge in [-0.1, -0.05) is 23.7 Å². The summed E-state index contributed by atoms with van der Waals surface area (Å²) in [6, 6.07) is 11.4. The summed E-state index contributed by atoms with van der Waals surface area (Å²) in [5.74, 6) is -1.49. The standard InChI is InChI=1S/C20H21ClN2O5/c1-23(11-14-12-27-8-9-28-14)18-7-6-13(10-16(18)20(25)26)22-19(24)15-4-2-3-5-17(15)21/h2-7,10,14H,8-9,11-12H2,1H3,(H,22,24)(H,25,26)/t14-/m1/s1. The van der Waals surface area contributed by atoms with E-state index in [1.807, 2.05) is 4.90 Å². The fraction of sp³-hybridized carbons (Fsp3) is 0.300. The first kappa shape index (κ1) is 20.1. The second-order valence-electron chi connectivity index (χ2n) is 6.42. The maximum atomic E-state index is 12.4. The zero-order valence-corrected chi connectivity index (χ0v) is 16.1. The molecule has 1 aliphatic rings. The first-order valence-electron chi connectivity index (χ1n) is 8.79. The van der Waals surface area contributed by atoms with Crippen molar-refractivity contribution in [1.82, 2.24) is 0 Å². The number of hydrogen-bond donors (Lipinski definition) is 2. The van der Waals surface area contributed by atoms with Crippen molar-refractivity contribution in [2.24, 2.45) is 0 Å². The highest BCUT2D eigenvalue weighted by atomic mass is 35.5. The third-order valence-electron chi connectivity index (χ3n) is 4.38.